The van der Waals surface area contributed by atoms with Gasteiger partial charge in [-0.1, -0.05) is 12.5 Å². The average molecular weight is 301 g/mol. The van der Waals surface area contributed by atoms with Crippen molar-refractivity contribution in [3.05, 3.63) is 45.6 Å². The number of hydrogen-bond acceptors (Lipinski definition) is 3. The van der Waals surface area contributed by atoms with Crippen LogP contribution in [0.1, 0.15) is 39.4 Å². The van der Waals surface area contributed by atoms with Crippen LogP contribution >= 0.6 is 11.3 Å². The summed E-state index contributed by atoms with van der Waals surface area (Å²) < 4.78 is 0. The van der Waals surface area contributed by atoms with E-state index in [1.165, 1.54) is 29.7 Å². The fourth-order valence-electron chi connectivity index (χ4n) is 2.76. The van der Waals surface area contributed by atoms with Gasteiger partial charge in [-0.15, -0.1) is 11.3 Å². The van der Waals surface area contributed by atoms with Crippen LogP contribution in [0.2, 0.25) is 0 Å². The van der Waals surface area contributed by atoms with Crippen LogP contribution in [0.4, 0.5) is 5.69 Å². The first kappa shape index (κ1) is 14.1. The molecule has 0 bridgehead atoms. The van der Waals surface area contributed by atoms with Gasteiger partial charge in [0.15, 0.2) is 0 Å². The molecular weight excluding hydrogens is 282 g/mol. The summed E-state index contributed by atoms with van der Waals surface area (Å²) in [4.78, 5) is 16.4. The minimum atomic E-state index is -0.00123. The second-order valence-electron chi connectivity index (χ2n) is 5.50. The van der Waals surface area contributed by atoms with Crippen LogP contribution in [0.5, 0.6) is 5.75 Å². The lowest BCUT2D eigenvalue weighted by Crippen LogP contribution is -2.25. The molecule has 0 atom stereocenters. The van der Waals surface area contributed by atoms with Gasteiger partial charge in [-0.3, -0.25) is 4.79 Å². The van der Waals surface area contributed by atoms with Gasteiger partial charge in [0.25, 0.3) is 5.91 Å². The Morgan fingerprint density at radius 3 is 2.81 bits per heavy atom. The molecule has 1 amide bonds. The largest absolute Gasteiger partial charge is 0.508 e. The highest BCUT2D eigenvalue weighted by Gasteiger charge is 2.20. The average Bonchev–Trinajstić information content (AvgIpc) is 2.77. The van der Waals surface area contributed by atoms with Gasteiger partial charge in [0.05, 0.1) is 4.88 Å². The van der Waals surface area contributed by atoms with E-state index in [9.17, 15) is 9.90 Å². The number of fused-ring (bicyclic) bond motifs is 1. The molecular formula is C17H19NO2S. The minimum Gasteiger partial charge on any atom is -0.508 e. The molecule has 21 heavy (non-hydrogen) atoms. The van der Waals surface area contributed by atoms with E-state index in [-0.39, 0.29) is 11.7 Å². The molecule has 1 N–H and O–H groups in total. The zero-order chi connectivity index (χ0) is 14.8. The van der Waals surface area contributed by atoms with Gasteiger partial charge in [0.2, 0.25) is 0 Å². The van der Waals surface area contributed by atoms with Gasteiger partial charge >= 0.3 is 0 Å². The number of nitrogens with zero attached hydrogens (tertiary/aromatic N) is 1. The van der Waals surface area contributed by atoms with Crippen molar-refractivity contribution in [2.24, 2.45) is 0 Å². The Bertz CT molecular complexity index is 639. The molecule has 1 aliphatic rings. The van der Waals surface area contributed by atoms with Gasteiger partial charge in [0.1, 0.15) is 5.75 Å². The topological polar surface area (TPSA) is 40.5 Å². The van der Waals surface area contributed by atoms with Crippen LogP contribution in [0.15, 0.2) is 30.3 Å². The Balaban J connectivity index is 1.85. The third kappa shape index (κ3) is 2.95. The van der Waals surface area contributed by atoms with Crippen molar-refractivity contribution in [1.29, 1.82) is 0 Å². The first-order chi connectivity index (χ1) is 10.1. The molecule has 3 nitrogen and oxygen atoms in total. The van der Waals surface area contributed by atoms with Crippen molar-refractivity contribution in [2.45, 2.75) is 32.1 Å². The molecule has 0 radical (unpaired) electrons. The SMILES string of the molecule is CN(C(=O)c1cc2c(s1)CCCCC2)c1cccc(O)c1. The molecule has 0 saturated heterocycles. The predicted octanol–water partition coefficient (Wildman–Crippen LogP) is 4.00. The van der Waals surface area contributed by atoms with Crippen molar-refractivity contribution >= 4 is 22.9 Å². The highest BCUT2D eigenvalue weighted by atomic mass is 32.1. The number of aryl methyl sites for hydroxylation is 2. The summed E-state index contributed by atoms with van der Waals surface area (Å²) in [5, 5.41) is 9.54. The fourth-order valence-corrected chi connectivity index (χ4v) is 3.99. The number of benzene rings is 1. The predicted molar refractivity (Wildman–Crippen MR) is 86.4 cm³/mol. The highest BCUT2D eigenvalue weighted by Crippen LogP contribution is 2.30. The number of hydrogen-bond donors (Lipinski definition) is 1. The zero-order valence-electron chi connectivity index (χ0n) is 12.1. The van der Waals surface area contributed by atoms with E-state index in [0.717, 1.165) is 17.7 Å². The van der Waals surface area contributed by atoms with Crippen LogP contribution < -0.4 is 4.90 Å². The number of phenolic OH excluding ortho intramolecular Hbond substituents is 1. The Hall–Kier alpha value is -1.81. The number of carbonyl (C=O) groups excluding carboxylic acids is 1. The zero-order valence-corrected chi connectivity index (χ0v) is 12.9. The van der Waals surface area contributed by atoms with Crippen LogP contribution in [0.3, 0.4) is 0 Å². The number of thiophene rings is 1. The van der Waals surface area contributed by atoms with E-state index in [1.54, 1.807) is 41.5 Å². The summed E-state index contributed by atoms with van der Waals surface area (Å²) in [7, 11) is 1.75. The Labute approximate surface area is 128 Å². The molecule has 0 spiro atoms. The number of anilines is 1. The fraction of sp³-hybridized carbons (Fsp3) is 0.353. The first-order valence-electron chi connectivity index (χ1n) is 7.34. The number of amides is 1. The summed E-state index contributed by atoms with van der Waals surface area (Å²) in [5.41, 5.74) is 2.06. The molecule has 3 rings (SSSR count). The molecule has 0 aliphatic heterocycles. The van der Waals surface area contributed by atoms with E-state index < -0.39 is 0 Å². The second-order valence-corrected chi connectivity index (χ2v) is 6.64. The monoisotopic (exact) mass is 301 g/mol. The van der Waals surface area contributed by atoms with Gasteiger partial charge in [-0.05, 0) is 49.4 Å². The summed E-state index contributed by atoms with van der Waals surface area (Å²) in [6, 6.07) is 8.85. The van der Waals surface area contributed by atoms with E-state index in [0.29, 0.717) is 5.69 Å². The summed E-state index contributed by atoms with van der Waals surface area (Å²) in [5.74, 6) is 0.174. The third-order valence-corrected chi connectivity index (χ3v) is 5.20. The van der Waals surface area contributed by atoms with E-state index >= 15 is 0 Å². The molecule has 1 heterocycles. The molecule has 1 aromatic carbocycles. The first-order valence-corrected chi connectivity index (χ1v) is 8.15. The molecule has 110 valence electrons. The molecule has 2 aromatic rings. The highest BCUT2D eigenvalue weighted by molar-refractivity contribution is 7.14. The van der Waals surface area contributed by atoms with Crippen molar-refractivity contribution in [3.8, 4) is 5.75 Å². The van der Waals surface area contributed by atoms with E-state index in [1.807, 2.05) is 6.07 Å². The van der Waals surface area contributed by atoms with E-state index in [2.05, 4.69) is 6.07 Å². The lowest BCUT2D eigenvalue weighted by molar-refractivity contribution is 0.0997. The maximum Gasteiger partial charge on any atom is 0.268 e. The number of carbonyl (C=O) groups is 1. The standard InChI is InChI=1S/C17H19NO2S/c1-18(13-7-5-8-14(19)11-13)17(20)16-10-12-6-3-2-4-9-15(12)21-16/h5,7-8,10-11,19H,2-4,6,9H2,1H3. The van der Waals surface area contributed by atoms with Crippen molar-refractivity contribution in [2.75, 3.05) is 11.9 Å². The Morgan fingerprint density at radius 1 is 1.19 bits per heavy atom. The smallest absolute Gasteiger partial charge is 0.268 e. The van der Waals surface area contributed by atoms with E-state index in [4.69, 9.17) is 0 Å². The van der Waals surface area contributed by atoms with Crippen molar-refractivity contribution in [1.82, 2.24) is 0 Å². The number of aromatic hydroxyl groups is 1. The summed E-state index contributed by atoms with van der Waals surface area (Å²) in [6.07, 6.45) is 5.93. The third-order valence-electron chi connectivity index (χ3n) is 3.98. The molecule has 0 fully saturated rings. The minimum absolute atomic E-state index is 0.00123. The molecule has 1 aromatic heterocycles. The summed E-state index contributed by atoms with van der Waals surface area (Å²) >= 11 is 1.63. The number of phenols is 1. The second kappa shape index (κ2) is 5.90. The maximum absolute atomic E-state index is 12.6. The van der Waals surface area contributed by atoms with Gasteiger partial charge < -0.3 is 10.0 Å². The number of rotatable bonds is 2. The molecule has 0 saturated carbocycles. The van der Waals surface area contributed by atoms with Crippen LogP contribution in [0.25, 0.3) is 0 Å². The van der Waals surface area contributed by atoms with Crippen molar-refractivity contribution in [3.63, 3.8) is 0 Å². The van der Waals surface area contributed by atoms with Crippen LogP contribution in [-0.4, -0.2) is 18.1 Å². The quantitative estimate of drug-likeness (QED) is 0.852. The maximum atomic E-state index is 12.6. The lowest BCUT2D eigenvalue weighted by Gasteiger charge is -2.16. The molecule has 1 aliphatic carbocycles. The normalized spacial score (nSPS) is 14.3. The molecule has 4 heteroatoms. The van der Waals surface area contributed by atoms with Crippen LogP contribution in [0, 0.1) is 0 Å². The molecule has 0 unspecified atom stereocenters. The Morgan fingerprint density at radius 2 is 2.00 bits per heavy atom. The van der Waals surface area contributed by atoms with Gasteiger partial charge in [-0.2, -0.15) is 0 Å². The van der Waals surface area contributed by atoms with Gasteiger partial charge in [-0.25, -0.2) is 0 Å². The van der Waals surface area contributed by atoms with Gasteiger partial charge in [0, 0.05) is 23.7 Å². The van der Waals surface area contributed by atoms with Crippen LogP contribution in [-0.2, 0) is 12.8 Å². The summed E-state index contributed by atoms with van der Waals surface area (Å²) in [6.45, 7) is 0. The van der Waals surface area contributed by atoms with Crippen molar-refractivity contribution < 1.29 is 9.90 Å². The Kier molecular flexibility index (Phi) is 3.97. The lowest BCUT2D eigenvalue weighted by atomic mass is 10.1.